The number of aromatic nitrogens is 2. The van der Waals surface area contributed by atoms with Crippen LogP contribution in [0.15, 0.2) is 6.07 Å². The molecule has 1 aromatic rings. The zero-order valence-electron chi connectivity index (χ0n) is 10.3. The van der Waals surface area contributed by atoms with E-state index in [1.165, 1.54) is 18.5 Å². The van der Waals surface area contributed by atoms with Gasteiger partial charge in [0.15, 0.2) is 0 Å². The lowest BCUT2D eigenvalue weighted by molar-refractivity contribution is 0.0835. The number of nitrogens with zero attached hydrogens (tertiary/aromatic N) is 2. The van der Waals surface area contributed by atoms with Gasteiger partial charge < -0.3 is 10.1 Å². The Morgan fingerprint density at radius 2 is 1.88 bits per heavy atom. The fourth-order valence-electron chi connectivity index (χ4n) is 2.34. The van der Waals surface area contributed by atoms with Crippen LogP contribution in [0.2, 0.25) is 0 Å². The molecule has 17 heavy (non-hydrogen) atoms. The van der Waals surface area contributed by atoms with Gasteiger partial charge in [0.2, 0.25) is 0 Å². The van der Waals surface area contributed by atoms with Crippen molar-refractivity contribution in [1.29, 1.82) is 0 Å². The van der Waals surface area contributed by atoms with Crippen LogP contribution in [0.25, 0.3) is 0 Å². The number of ether oxygens (including phenoxy) is 1. The Kier molecular flexibility index (Phi) is 2.97. The van der Waals surface area contributed by atoms with E-state index in [2.05, 4.69) is 16.4 Å². The average molecular weight is 233 g/mol. The van der Waals surface area contributed by atoms with Gasteiger partial charge in [-0.1, -0.05) is 0 Å². The molecule has 1 aliphatic heterocycles. The highest BCUT2D eigenvalue weighted by atomic mass is 16.5. The third-order valence-electron chi connectivity index (χ3n) is 3.60. The summed E-state index contributed by atoms with van der Waals surface area (Å²) < 4.78 is 5.40. The molecule has 1 saturated heterocycles. The summed E-state index contributed by atoms with van der Waals surface area (Å²) in [5.41, 5.74) is 1.23. The lowest BCUT2D eigenvalue weighted by Crippen LogP contribution is -2.17. The highest BCUT2D eigenvalue weighted by molar-refractivity contribution is 5.37. The average Bonchev–Trinajstić information content (AvgIpc) is 3.23. The summed E-state index contributed by atoms with van der Waals surface area (Å²) in [4.78, 5) is 9.37. The van der Waals surface area contributed by atoms with E-state index in [1.807, 2.05) is 7.05 Å². The van der Waals surface area contributed by atoms with Crippen LogP contribution >= 0.6 is 0 Å². The Hall–Kier alpha value is -1.16. The lowest BCUT2D eigenvalue weighted by Gasteiger charge is -2.21. The Balaban J connectivity index is 1.88. The van der Waals surface area contributed by atoms with E-state index in [1.54, 1.807) is 0 Å². The minimum atomic E-state index is 0.481. The van der Waals surface area contributed by atoms with Gasteiger partial charge in [-0.25, -0.2) is 9.97 Å². The van der Waals surface area contributed by atoms with E-state index in [0.717, 1.165) is 37.7 Å². The van der Waals surface area contributed by atoms with Crippen LogP contribution in [0, 0.1) is 0 Å². The SMILES string of the molecule is CNc1cc(C2CC2)nc(C2CCOCC2)n1. The maximum Gasteiger partial charge on any atom is 0.134 e. The Labute approximate surface area is 102 Å². The van der Waals surface area contributed by atoms with Gasteiger partial charge in [-0.15, -0.1) is 0 Å². The third-order valence-corrected chi connectivity index (χ3v) is 3.60. The van der Waals surface area contributed by atoms with E-state index >= 15 is 0 Å². The van der Waals surface area contributed by atoms with E-state index < -0.39 is 0 Å². The Morgan fingerprint density at radius 3 is 2.53 bits per heavy atom. The number of anilines is 1. The second kappa shape index (κ2) is 4.61. The molecule has 0 aromatic carbocycles. The van der Waals surface area contributed by atoms with E-state index in [0.29, 0.717) is 11.8 Å². The van der Waals surface area contributed by atoms with Crippen LogP contribution in [0.3, 0.4) is 0 Å². The molecule has 2 aliphatic rings. The van der Waals surface area contributed by atoms with Crippen LogP contribution in [-0.4, -0.2) is 30.2 Å². The molecule has 0 amide bonds. The molecule has 0 spiro atoms. The van der Waals surface area contributed by atoms with Crippen molar-refractivity contribution in [2.75, 3.05) is 25.6 Å². The molecule has 1 saturated carbocycles. The molecule has 1 aromatic heterocycles. The van der Waals surface area contributed by atoms with Crippen molar-refractivity contribution in [3.05, 3.63) is 17.6 Å². The van der Waals surface area contributed by atoms with Crippen molar-refractivity contribution < 1.29 is 4.74 Å². The van der Waals surface area contributed by atoms with Crippen molar-refractivity contribution in [2.45, 2.75) is 37.5 Å². The van der Waals surface area contributed by atoms with E-state index in [9.17, 15) is 0 Å². The van der Waals surface area contributed by atoms with Crippen molar-refractivity contribution >= 4 is 5.82 Å². The largest absolute Gasteiger partial charge is 0.381 e. The van der Waals surface area contributed by atoms with Crippen LogP contribution in [0.4, 0.5) is 5.82 Å². The minimum Gasteiger partial charge on any atom is -0.381 e. The summed E-state index contributed by atoms with van der Waals surface area (Å²) in [6.45, 7) is 1.69. The van der Waals surface area contributed by atoms with Crippen molar-refractivity contribution in [3.8, 4) is 0 Å². The molecule has 92 valence electrons. The normalized spacial score (nSPS) is 21.5. The third kappa shape index (κ3) is 2.41. The molecule has 4 heteroatoms. The van der Waals surface area contributed by atoms with Crippen molar-refractivity contribution in [1.82, 2.24) is 9.97 Å². The summed E-state index contributed by atoms with van der Waals surface area (Å²) in [5.74, 6) is 3.14. The molecule has 3 rings (SSSR count). The quantitative estimate of drug-likeness (QED) is 0.870. The number of rotatable bonds is 3. The molecule has 2 fully saturated rings. The molecule has 2 heterocycles. The standard InChI is InChI=1S/C13H19N3O/c1-14-12-8-11(9-2-3-9)15-13(16-12)10-4-6-17-7-5-10/h8-10H,2-7H2,1H3,(H,14,15,16). The van der Waals surface area contributed by atoms with Gasteiger partial charge in [0.1, 0.15) is 11.6 Å². The molecule has 1 aliphatic carbocycles. The molecule has 4 nitrogen and oxygen atoms in total. The number of hydrogen-bond acceptors (Lipinski definition) is 4. The van der Waals surface area contributed by atoms with Crippen LogP contribution in [0.5, 0.6) is 0 Å². The molecule has 0 unspecified atom stereocenters. The smallest absolute Gasteiger partial charge is 0.134 e. The van der Waals surface area contributed by atoms with Crippen LogP contribution in [0.1, 0.15) is 49.0 Å². The number of nitrogens with one attached hydrogen (secondary N) is 1. The summed E-state index contributed by atoms with van der Waals surface area (Å²) in [6, 6.07) is 2.10. The zero-order valence-corrected chi connectivity index (χ0v) is 10.3. The van der Waals surface area contributed by atoms with Crippen molar-refractivity contribution in [3.63, 3.8) is 0 Å². The monoisotopic (exact) mass is 233 g/mol. The van der Waals surface area contributed by atoms with Gasteiger partial charge in [0.25, 0.3) is 0 Å². The molecular weight excluding hydrogens is 214 g/mol. The van der Waals surface area contributed by atoms with Gasteiger partial charge in [-0.05, 0) is 25.7 Å². The zero-order chi connectivity index (χ0) is 11.7. The molecule has 1 N–H and O–H groups in total. The maximum atomic E-state index is 5.40. The van der Waals surface area contributed by atoms with Gasteiger partial charge >= 0.3 is 0 Å². The highest BCUT2D eigenvalue weighted by Gasteiger charge is 2.27. The van der Waals surface area contributed by atoms with Crippen molar-refractivity contribution in [2.24, 2.45) is 0 Å². The van der Waals surface area contributed by atoms with Gasteiger partial charge in [0, 0.05) is 43.9 Å². The first-order valence-electron chi connectivity index (χ1n) is 6.51. The van der Waals surface area contributed by atoms with Gasteiger partial charge in [-0.3, -0.25) is 0 Å². The first-order valence-corrected chi connectivity index (χ1v) is 6.51. The first-order chi connectivity index (χ1) is 8.36. The fourth-order valence-corrected chi connectivity index (χ4v) is 2.34. The summed E-state index contributed by atoms with van der Waals surface area (Å²) >= 11 is 0. The van der Waals surface area contributed by atoms with Gasteiger partial charge in [0.05, 0.1) is 0 Å². The predicted octanol–water partition coefficient (Wildman–Crippen LogP) is 2.29. The first kappa shape index (κ1) is 11.0. The maximum absolute atomic E-state index is 5.40. The summed E-state index contributed by atoms with van der Waals surface area (Å²) in [5, 5.41) is 3.15. The van der Waals surface area contributed by atoms with Crippen LogP contribution < -0.4 is 5.32 Å². The minimum absolute atomic E-state index is 0.481. The molecule has 0 bridgehead atoms. The van der Waals surface area contributed by atoms with E-state index in [4.69, 9.17) is 9.72 Å². The molecular formula is C13H19N3O. The highest BCUT2D eigenvalue weighted by Crippen LogP contribution is 2.40. The summed E-state index contributed by atoms with van der Waals surface area (Å²) in [7, 11) is 1.92. The molecule has 0 atom stereocenters. The second-order valence-electron chi connectivity index (χ2n) is 4.95. The predicted molar refractivity (Wildman–Crippen MR) is 66.3 cm³/mol. The van der Waals surface area contributed by atoms with Crippen LogP contribution in [-0.2, 0) is 4.74 Å². The molecule has 0 radical (unpaired) electrons. The Morgan fingerprint density at radius 1 is 1.12 bits per heavy atom. The Bertz CT molecular complexity index is 398. The topological polar surface area (TPSA) is 47.0 Å². The van der Waals surface area contributed by atoms with Gasteiger partial charge in [-0.2, -0.15) is 0 Å². The lowest BCUT2D eigenvalue weighted by atomic mass is 9.99. The summed E-state index contributed by atoms with van der Waals surface area (Å²) in [6.07, 6.45) is 4.68. The second-order valence-corrected chi connectivity index (χ2v) is 4.95. The van der Waals surface area contributed by atoms with E-state index in [-0.39, 0.29) is 0 Å². The number of hydrogen-bond donors (Lipinski definition) is 1. The fraction of sp³-hybridized carbons (Fsp3) is 0.692.